The van der Waals surface area contributed by atoms with Crippen LogP contribution in [-0.2, 0) is 4.74 Å². The van der Waals surface area contributed by atoms with Gasteiger partial charge in [0.1, 0.15) is 5.69 Å². The number of fused-ring (bicyclic) bond motifs is 1. The van der Waals surface area contributed by atoms with Crippen LogP contribution in [-0.4, -0.2) is 22.5 Å². The molecule has 0 saturated carbocycles. The van der Waals surface area contributed by atoms with Gasteiger partial charge in [0.2, 0.25) is 0 Å². The van der Waals surface area contributed by atoms with E-state index < -0.39 is 5.97 Å². The van der Waals surface area contributed by atoms with Gasteiger partial charge in [-0.05, 0) is 31.2 Å². The first-order chi connectivity index (χ1) is 10.2. The molecule has 0 amide bonds. The summed E-state index contributed by atoms with van der Waals surface area (Å²) >= 11 is 0. The molecule has 0 aliphatic carbocycles. The van der Waals surface area contributed by atoms with Crippen molar-refractivity contribution >= 4 is 16.9 Å². The van der Waals surface area contributed by atoms with E-state index in [4.69, 9.17) is 4.74 Å². The topological polar surface area (TPSA) is 75.0 Å². The molecule has 0 atom stereocenters. The Balaban J connectivity index is 2.36. The van der Waals surface area contributed by atoms with Gasteiger partial charge in [0.05, 0.1) is 17.9 Å². The van der Waals surface area contributed by atoms with Crippen LogP contribution in [0.3, 0.4) is 0 Å². The van der Waals surface area contributed by atoms with Crippen molar-refractivity contribution in [3.8, 4) is 11.3 Å². The molecule has 0 aliphatic rings. The quantitative estimate of drug-likeness (QED) is 0.725. The molecule has 0 spiro atoms. The summed E-state index contributed by atoms with van der Waals surface area (Å²) in [6.07, 6.45) is 1.71. The van der Waals surface area contributed by atoms with Gasteiger partial charge < -0.3 is 14.7 Å². The lowest BCUT2D eigenvalue weighted by atomic mass is 10.1. The number of para-hydroxylation sites is 1. The third-order valence-corrected chi connectivity index (χ3v) is 3.26. The number of H-pyrrole nitrogens is 2. The van der Waals surface area contributed by atoms with Crippen LogP contribution in [0.5, 0.6) is 0 Å². The number of hydrogen-bond acceptors (Lipinski definition) is 3. The lowest BCUT2D eigenvalue weighted by molar-refractivity contribution is 0.0521. The average Bonchev–Trinajstić information content (AvgIpc) is 3.01. The Bertz CT molecular complexity index is 848. The monoisotopic (exact) mass is 282 g/mol. The van der Waals surface area contributed by atoms with Crippen molar-refractivity contribution in [3.05, 3.63) is 58.5 Å². The van der Waals surface area contributed by atoms with E-state index in [1.807, 2.05) is 6.07 Å². The number of nitrogens with one attached hydrogen (secondary N) is 2. The summed E-state index contributed by atoms with van der Waals surface area (Å²) in [5, 5.41) is 0.537. The van der Waals surface area contributed by atoms with Crippen molar-refractivity contribution in [2.75, 3.05) is 6.61 Å². The molecule has 21 heavy (non-hydrogen) atoms. The van der Waals surface area contributed by atoms with Gasteiger partial charge in [0.15, 0.2) is 5.43 Å². The second-order valence-electron chi connectivity index (χ2n) is 4.55. The molecule has 0 radical (unpaired) electrons. The fourth-order valence-electron chi connectivity index (χ4n) is 2.33. The van der Waals surface area contributed by atoms with Crippen molar-refractivity contribution in [1.29, 1.82) is 0 Å². The highest BCUT2D eigenvalue weighted by Crippen LogP contribution is 2.21. The Morgan fingerprint density at radius 1 is 1.19 bits per heavy atom. The summed E-state index contributed by atoms with van der Waals surface area (Å²) < 4.78 is 5.05. The zero-order chi connectivity index (χ0) is 14.8. The van der Waals surface area contributed by atoms with Gasteiger partial charge in [-0.3, -0.25) is 4.79 Å². The maximum absolute atomic E-state index is 12.7. The number of benzene rings is 1. The maximum atomic E-state index is 12.7. The van der Waals surface area contributed by atoms with Crippen LogP contribution in [0.25, 0.3) is 22.2 Å². The number of aromatic nitrogens is 2. The van der Waals surface area contributed by atoms with Crippen LogP contribution < -0.4 is 5.43 Å². The molecular weight excluding hydrogens is 268 g/mol. The van der Waals surface area contributed by atoms with Crippen LogP contribution in [0.2, 0.25) is 0 Å². The summed E-state index contributed by atoms with van der Waals surface area (Å²) in [7, 11) is 0. The minimum Gasteiger partial charge on any atom is -0.461 e. The molecule has 3 rings (SSSR count). The van der Waals surface area contributed by atoms with E-state index in [9.17, 15) is 9.59 Å². The van der Waals surface area contributed by atoms with E-state index in [0.717, 1.165) is 0 Å². The van der Waals surface area contributed by atoms with Gasteiger partial charge in [0.25, 0.3) is 0 Å². The number of pyridine rings is 1. The summed E-state index contributed by atoms with van der Waals surface area (Å²) in [6.45, 7) is 1.98. The largest absolute Gasteiger partial charge is 0.461 e. The highest BCUT2D eigenvalue weighted by molar-refractivity contribution is 5.98. The molecule has 5 nitrogen and oxygen atoms in total. The van der Waals surface area contributed by atoms with E-state index in [1.54, 1.807) is 43.5 Å². The first-order valence-corrected chi connectivity index (χ1v) is 6.68. The van der Waals surface area contributed by atoms with Gasteiger partial charge in [-0.25, -0.2) is 4.79 Å². The number of carbonyl (C=O) groups excluding carboxylic acids is 1. The Morgan fingerprint density at radius 3 is 2.71 bits per heavy atom. The molecule has 0 saturated heterocycles. The average molecular weight is 282 g/mol. The third kappa shape index (κ3) is 2.23. The molecular formula is C16H14N2O3. The van der Waals surface area contributed by atoms with Gasteiger partial charge in [-0.15, -0.1) is 0 Å². The number of rotatable bonds is 3. The predicted molar refractivity (Wildman–Crippen MR) is 80.3 cm³/mol. The minimum absolute atomic E-state index is 0.169. The molecule has 2 heterocycles. The van der Waals surface area contributed by atoms with E-state index in [0.29, 0.717) is 22.2 Å². The summed E-state index contributed by atoms with van der Waals surface area (Å²) in [6, 6.07) is 10.6. The van der Waals surface area contributed by atoms with Crippen molar-refractivity contribution in [2.45, 2.75) is 6.92 Å². The molecule has 3 aromatic rings. The smallest absolute Gasteiger partial charge is 0.355 e. The lowest BCUT2D eigenvalue weighted by Crippen LogP contribution is -2.17. The molecule has 2 N–H and O–H groups in total. The predicted octanol–water partition coefficient (Wildman–Crippen LogP) is 2.70. The van der Waals surface area contributed by atoms with Crippen LogP contribution in [0, 0.1) is 0 Å². The number of hydrogen-bond donors (Lipinski definition) is 2. The van der Waals surface area contributed by atoms with Crippen LogP contribution >= 0.6 is 0 Å². The third-order valence-electron chi connectivity index (χ3n) is 3.26. The molecule has 0 aliphatic heterocycles. The lowest BCUT2D eigenvalue weighted by Gasteiger charge is -2.09. The normalized spacial score (nSPS) is 10.7. The molecule has 0 fully saturated rings. The van der Waals surface area contributed by atoms with Gasteiger partial charge in [-0.1, -0.05) is 12.1 Å². The first-order valence-electron chi connectivity index (χ1n) is 6.68. The van der Waals surface area contributed by atoms with Crippen molar-refractivity contribution in [1.82, 2.24) is 9.97 Å². The zero-order valence-electron chi connectivity index (χ0n) is 11.5. The minimum atomic E-state index is -0.537. The highest BCUT2D eigenvalue weighted by Gasteiger charge is 2.20. The zero-order valence-corrected chi connectivity index (χ0v) is 11.5. The van der Waals surface area contributed by atoms with Crippen molar-refractivity contribution < 1.29 is 9.53 Å². The first kappa shape index (κ1) is 13.2. The SMILES string of the molecule is CCOC(=O)c1[nH]c2ccccc2c(=O)c1-c1ccc[nH]1. The van der Waals surface area contributed by atoms with Crippen LogP contribution in [0.4, 0.5) is 0 Å². The van der Waals surface area contributed by atoms with Crippen molar-refractivity contribution in [3.63, 3.8) is 0 Å². The Morgan fingerprint density at radius 2 is 2.00 bits per heavy atom. The highest BCUT2D eigenvalue weighted by atomic mass is 16.5. The molecule has 2 aromatic heterocycles. The molecule has 5 heteroatoms. The van der Waals surface area contributed by atoms with E-state index >= 15 is 0 Å². The van der Waals surface area contributed by atoms with Crippen LogP contribution in [0.1, 0.15) is 17.4 Å². The second-order valence-corrected chi connectivity index (χ2v) is 4.55. The number of ether oxygens (including phenoxy) is 1. The summed E-state index contributed by atoms with van der Waals surface area (Å²) in [5.74, 6) is -0.537. The Labute approximate surface area is 120 Å². The molecule has 1 aromatic carbocycles. The van der Waals surface area contributed by atoms with E-state index in [2.05, 4.69) is 9.97 Å². The molecule has 106 valence electrons. The van der Waals surface area contributed by atoms with E-state index in [-0.39, 0.29) is 17.7 Å². The Kier molecular flexibility index (Phi) is 3.31. The number of esters is 1. The second kappa shape index (κ2) is 5.28. The summed E-state index contributed by atoms with van der Waals surface area (Å²) in [5.41, 5.74) is 1.47. The van der Waals surface area contributed by atoms with Crippen molar-refractivity contribution in [2.24, 2.45) is 0 Å². The number of carbonyl (C=O) groups is 1. The molecule has 0 bridgehead atoms. The summed E-state index contributed by atoms with van der Waals surface area (Å²) in [4.78, 5) is 30.8. The Hall–Kier alpha value is -2.82. The van der Waals surface area contributed by atoms with Gasteiger partial charge in [-0.2, -0.15) is 0 Å². The van der Waals surface area contributed by atoms with Crippen LogP contribution in [0.15, 0.2) is 47.4 Å². The number of aromatic amines is 2. The van der Waals surface area contributed by atoms with Gasteiger partial charge in [0, 0.05) is 17.1 Å². The fraction of sp³-hybridized carbons (Fsp3) is 0.125. The fourth-order valence-corrected chi connectivity index (χ4v) is 2.33. The van der Waals surface area contributed by atoms with Gasteiger partial charge >= 0.3 is 5.97 Å². The standard InChI is InChI=1S/C16H14N2O3/c1-2-21-16(20)14-13(12-8-5-9-17-12)15(19)10-6-3-4-7-11(10)18-14/h3-9,17H,2H2,1H3,(H,18,19). The maximum Gasteiger partial charge on any atom is 0.355 e. The van der Waals surface area contributed by atoms with E-state index in [1.165, 1.54) is 0 Å². The molecule has 0 unspecified atom stereocenters.